The zero-order chi connectivity index (χ0) is 27.4. The summed E-state index contributed by atoms with van der Waals surface area (Å²) in [5.41, 5.74) is 6.12. The molecule has 0 radical (unpaired) electrons. The molecular weight excluding hydrogens is 496 g/mol. The fourth-order valence-corrected chi connectivity index (χ4v) is 4.98. The van der Waals surface area contributed by atoms with Gasteiger partial charge in [-0.25, -0.2) is 8.42 Å². The van der Waals surface area contributed by atoms with E-state index in [0.717, 1.165) is 74.4 Å². The van der Waals surface area contributed by atoms with Gasteiger partial charge in [-0.1, -0.05) is 62.9 Å². The third-order valence-corrected chi connectivity index (χ3v) is 6.76. The Morgan fingerprint density at radius 2 is 1.89 bits per heavy atom. The first-order valence-corrected chi connectivity index (χ1v) is 15.1. The lowest BCUT2D eigenvalue weighted by atomic mass is 9.97. The van der Waals surface area contributed by atoms with E-state index < -0.39 is 10.0 Å². The molecule has 0 amide bonds. The van der Waals surface area contributed by atoms with Gasteiger partial charge in [-0.2, -0.15) is 0 Å². The molecule has 4 rings (SSSR count). The molecule has 1 saturated heterocycles. The molecule has 1 aliphatic heterocycles. The van der Waals surface area contributed by atoms with Crippen LogP contribution in [0.4, 0.5) is 5.69 Å². The maximum atomic E-state index is 11.7. The molecular formula is C31H40N2O4S. The third-order valence-electron chi connectivity index (χ3n) is 6.15. The van der Waals surface area contributed by atoms with Gasteiger partial charge in [0.15, 0.2) is 0 Å². The summed E-state index contributed by atoms with van der Waals surface area (Å²) in [7, 11) is -3.34. The van der Waals surface area contributed by atoms with Crippen molar-refractivity contribution in [2.75, 3.05) is 50.4 Å². The van der Waals surface area contributed by atoms with Crippen LogP contribution >= 0.6 is 0 Å². The Bertz CT molecular complexity index is 1270. The Hall–Kier alpha value is -3.13. The lowest BCUT2D eigenvalue weighted by Gasteiger charge is -2.26. The number of hydrogen-bond acceptors (Lipinski definition) is 5. The van der Waals surface area contributed by atoms with E-state index in [1.54, 1.807) is 12.1 Å². The molecule has 1 fully saturated rings. The molecule has 204 valence electrons. The number of fused-ring (bicyclic) bond motifs is 1. The molecule has 2 aromatic rings. The summed E-state index contributed by atoms with van der Waals surface area (Å²) in [6.07, 6.45) is 13.1. The number of aryl methyl sites for hydroxylation is 1. The number of allylic oxidation sites excluding steroid dienone is 6. The molecule has 2 aromatic carbocycles. The topological polar surface area (TPSA) is 67.9 Å². The standard InChI is InChI=1S/C29H34N2O4S.C2H6/c1-3-4-6-23-9-10-25-22-28(35-18-15-31-13-16-34-17-14-31)11-12-29(25)26(19-23)20-24-7-5-8-27(21-24)30-36(2,32)33;1-2/h3-8,11-12,19-22,30H,1,9-10,13-18H2,2H3;1-2H3/b6-4-,26-20+;. The second kappa shape index (κ2) is 14.7. The Morgan fingerprint density at radius 3 is 2.63 bits per heavy atom. The van der Waals surface area contributed by atoms with Crippen LogP contribution in [0.1, 0.15) is 37.0 Å². The molecule has 0 spiro atoms. The quantitative estimate of drug-likeness (QED) is 0.401. The van der Waals surface area contributed by atoms with Gasteiger partial charge in [0.2, 0.25) is 10.0 Å². The van der Waals surface area contributed by atoms with Crippen LogP contribution in [0, 0.1) is 0 Å². The monoisotopic (exact) mass is 536 g/mol. The average molecular weight is 537 g/mol. The van der Waals surface area contributed by atoms with E-state index in [4.69, 9.17) is 9.47 Å². The van der Waals surface area contributed by atoms with E-state index in [0.29, 0.717) is 12.3 Å². The van der Waals surface area contributed by atoms with E-state index in [-0.39, 0.29) is 0 Å². The Kier molecular flexibility index (Phi) is 11.4. The van der Waals surface area contributed by atoms with Crippen LogP contribution in [0.5, 0.6) is 5.75 Å². The van der Waals surface area contributed by atoms with Crippen molar-refractivity contribution in [1.29, 1.82) is 0 Å². The van der Waals surface area contributed by atoms with Gasteiger partial charge in [-0.15, -0.1) is 0 Å². The van der Waals surface area contributed by atoms with Crippen LogP contribution in [-0.4, -0.2) is 59.0 Å². The first-order valence-electron chi connectivity index (χ1n) is 13.2. The molecule has 6 nitrogen and oxygen atoms in total. The van der Waals surface area contributed by atoms with Gasteiger partial charge in [0, 0.05) is 25.3 Å². The van der Waals surface area contributed by atoms with Crippen LogP contribution in [-0.2, 0) is 21.2 Å². The van der Waals surface area contributed by atoms with E-state index in [2.05, 4.69) is 46.6 Å². The van der Waals surface area contributed by atoms with Crippen molar-refractivity contribution in [3.63, 3.8) is 0 Å². The second-order valence-electron chi connectivity index (χ2n) is 9.03. The maximum absolute atomic E-state index is 11.7. The van der Waals surface area contributed by atoms with Gasteiger partial charge in [0.05, 0.1) is 19.5 Å². The summed E-state index contributed by atoms with van der Waals surface area (Å²) >= 11 is 0. The van der Waals surface area contributed by atoms with Crippen LogP contribution < -0.4 is 9.46 Å². The van der Waals surface area contributed by atoms with Crippen LogP contribution in [0.15, 0.2) is 78.9 Å². The predicted molar refractivity (Wildman–Crippen MR) is 159 cm³/mol. The number of nitrogens with zero attached hydrogens (tertiary/aromatic N) is 1. The highest BCUT2D eigenvalue weighted by molar-refractivity contribution is 7.92. The summed E-state index contributed by atoms with van der Waals surface area (Å²) < 4.78 is 37.4. The van der Waals surface area contributed by atoms with Crippen molar-refractivity contribution in [2.24, 2.45) is 0 Å². The van der Waals surface area contributed by atoms with E-state index in [1.807, 2.05) is 44.2 Å². The zero-order valence-corrected chi connectivity index (χ0v) is 23.6. The highest BCUT2D eigenvalue weighted by atomic mass is 32.2. The van der Waals surface area contributed by atoms with E-state index >= 15 is 0 Å². The highest BCUT2D eigenvalue weighted by Gasteiger charge is 2.15. The number of sulfonamides is 1. The molecule has 2 aliphatic rings. The Balaban J connectivity index is 0.00000195. The number of rotatable bonds is 9. The average Bonchev–Trinajstić information content (AvgIpc) is 3.07. The number of benzene rings is 2. The van der Waals surface area contributed by atoms with Crippen LogP contribution in [0.2, 0.25) is 0 Å². The van der Waals surface area contributed by atoms with Crippen molar-refractivity contribution in [2.45, 2.75) is 26.7 Å². The number of ether oxygens (including phenoxy) is 2. The van der Waals surface area contributed by atoms with Gasteiger partial charge < -0.3 is 9.47 Å². The number of morpholine rings is 1. The summed E-state index contributed by atoms with van der Waals surface area (Å²) in [5, 5.41) is 0. The van der Waals surface area contributed by atoms with E-state index in [9.17, 15) is 8.42 Å². The normalized spacial score (nSPS) is 17.1. The summed E-state index contributed by atoms with van der Waals surface area (Å²) in [6.45, 7) is 12.8. The fraction of sp³-hybridized carbons (Fsp3) is 0.355. The minimum absolute atomic E-state index is 0.542. The molecule has 0 unspecified atom stereocenters. The summed E-state index contributed by atoms with van der Waals surface area (Å²) in [5.74, 6) is 0.880. The van der Waals surface area contributed by atoms with E-state index in [1.165, 1.54) is 11.1 Å². The number of hydrogen-bond donors (Lipinski definition) is 1. The van der Waals surface area contributed by atoms with Crippen molar-refractivity contribution in [3.05, 3.63) is 95.6 Å². The smallest absolute Gasteiger partial charge is 0.229 e. The summed E-state index contributed by atoms with van der Waals surface area (Å²) in [6, 6.07) is 13.7. The molecule has 7 heteroatoms. The SMILES string of the molecule is C=C/C=C\C1=CC(=C\c2cccc(NS(C)(=O)=O)c2)/c2ccc(OCCN3CCOCC3)cc2CC1.CC. The molecule has 0 bridgehead atoms. The Morgan fingerprint density at radius 1 is 1.11 bits per heavy atom. The molecule has 1 aliphatic carbocycles. The third kappa shape index (κ3) is 9.31. The minimum Gasteiger partial charge on any atom is -0.492 e. The number of anilines is 1. The van der Waals surface area contributed by atoms with Crippen molar-refractivity contribution in [3.8, 4) is 5.75 Å². The largest absolute Gasteiger partial charge is 0.492 e. The van der Waals surface area contributed by atoms with Crippen LogP contribution in [0.3, 0.4) is 0 Å². The van der Waals surface area contributed by atoms with Crippen molar-refractivity contribution in [1.82, 2.24) is 4.90 Å². The minimum atomic E-state index is -3.34. The zero-order valence-electron chi connectivity index (χ0n) is 22.8. The van der Waals surface area contributed by atoms with Gasteiger partial charge >= 0.3 is 0 Å². The lowest BCUT2D eigenvalue weighted by molar-refractivity contribution is 0.0322. The van der Waals surface area contributed by atoms with Gasteiger partial charge in [0.25, 0.3) is 0 Å². The molecule has 38 heavy (non-hydrogen) atoms. The first kappa shape index (κ1) is 29.4. The predicted octanol–water partition coefficient (Wildman–Crippen LogP) is 5.95. The second-order valence-corrected chi connectivity index (χ2v) is 10.8. The first-order chi connectivity index (χ1) is 18.4. The van der Waals surface area contributed by atoms with Crippen molar-refractivity contribution < 1.29 is 17.9 Å². The van der Waals surface area contributed by atoms with Gasteiger partial charge in [-0.05, 0) is 71.0 Å². The molecule has 0 atom stereocenters. The summed E-state index contributed by atoms with van der Waals surface area (Å²) in [4.78, 5) is 2.36. The van der Waals surface area contributed by atoms with Gasteiger partial charge in [-0.3, -0.25) is 9.62 Å². The molecule has 0 aromatic heterocycles. The van der Waals surface area contributed by atoms with Crippen molar-refractivity contribution >= 4 is 27.4 Å². The van der Waals surface area contributed by atoms with Crippen LogP contribution in [0.25, 0.3) is 11.6 Å². The highest BCUT2D eigenvalue weighted by Crippen LogP contribution is 2.33. The fourth-order valence-electron chi connectivity index (χ4n) is 4.42. The number of nitrogens with one attached hydrogen (secondary N) is 1. The van der Waals surface area contributed by atoms with Gasteiger partial charge in [0.1, 0.15) is 12.4 Å². The lowest BCUT2D eigenvalue weighted by Crippen LogP contribution is -2.38. The Labute approximate surface area is 228 Å². The molecule has 1 N–H and O–H groups in total. The molecule has 0 saturated carbocycles. The molecule has 1 heterocycles. The maximum Gasteiger partial charge on any atom is 0.229 e.